The number of hydrogen-bond acceptors (Lipinski definition) is 2. The van der Waals surface area contributed by atoms with Crippen LogP contribution in [0.3, 0.4) is 0 Å². The molecule has 1 aliphatic heterocycles. The van der Waals surface area contributed by atoms with Crippen molar-refractivity contribution in [2.45, 2.75) is 13.0 Å². The molecule has 0 fully saturated rings. The summed E-state index contributed by atoms with van der Waals surface area (Å²) >= 11 is -0.472. The molecule has 130 valence electrons. The third-order valence-corrected chi connectivity index (χ3v) is 4.41. The van der Waals surface area contributed by atoms with E-state index < -0.39 is 16.5 Å². The standard InChI is InChI=1S/C18H13N3O.2ClH.Pt/c22-18-13-6-2-4-8-15(13)20-17-16-12(9-10-21(17)18)11-5-1-3-7-14(11)19-16;;;/h1-8H,9-10H2,(H,19,20,22);2*1H;/q;;;+2/p-3. The van der Waals surface area contributed by atoms with E-state index in [1.807, 2.05) is 42.5 Å². The van der Waals surface area contributed by atoms with E-state index >= 15 is 0 Å². The predicted molar refractivity (Wildman–Crippen MR) is 97.7 cm³/mol. The van der Waals surface area contributed by atoms with E-state index in [9.17, 15) is 4.79 Å². The maximum absolute atomic E-state index is 12.7. The molecule has 25 heavy (non-hydrogen) atoms. The topological polar surface area (TPSA) is 49.0 Å². The number of fused-ring (bicyclic) bond motifs is 6. The van der Waals surface area contributed by atoms with Crippen LogP contribution in [0.1, 0.15) is 5.56 Å². The van der Waals surface area contributed by atoms with Crippen LogP contribution in [0.4, 0.5) is 0 Å². The van der Waals surface area contributed by atoms with Gasteiger partial charge >= 0.3 is 35.3 Å². The van der Waals surface area contributed by atoms with Gasteiger partial charge in [-0.1, -0.05) is 47.7 Å². The van der Waals surface area contributed by atoms with Crippen LogP contribution in [-0.4, -0.2) is 9.55 Å². The van der Waals surface area contributed by atoms with Crippen molar-refractivity contribution in [2.75, 3.05) is 0 Å². The first-order chi connectivity index (χ1) is 12.2. The van der Waals surface area contributed by atoms with Crippen LogP contribution in [0.5, 0.6) is 0 Å². The number of para-hydroxylation sites is 2. The Bertz CT molecular complexity index is 1140. The maximum atomic E-state index is 12.7. The molecule has 3 heterocycles. The van der Waals surface area contributed by atoms with Crippen molar-refractivity contribution in [2.24, 2.45) is 0 Å². The average Bonchev–Trinajstić information content (AvgIpc) is 3.02. The summed E-state index contributed by atoms with van der Waals surface area (Å²) < 4.78 is 1.76. The summed E-state index contributed by atoms with van der Waals surface area (Å²) in [5.74, 6) is 0.696. The van der Waals surface area contributed by atoms with Crippen molar-refractivity contribution >= 4 is 40.6 Å². The van der Waals surface area contributed by atoms with Crippen molar-refractivity contribution in [3.05, 3.63) is 64.4 Å². The van der Waals surface area contributed by atoms with E-state index in [2.05, 4.69) is 6.07 Å². The molecule has 0 spiro atoms. The molecule has 2 aromatic carbocycles. The number of aromatic nitrogens is 3. The fourth-order valence-corrected chi connectivity index (χ4v) is 3.36. The van der Waals surface area contributed by atoms with E-state index in [0.29, 0.717) is 17.8 Å². The van der Waals surface area contributed by atoms with Crippen LogP contribution < -0.4 is 10.5 Å². The molecule has 0 atom stereocenters. The zero-order chi connectivity index (χ0) is 17.4. The first-order valence-corrected chi connectivity index (χ1v) is 13.2. The van der Waals surface area contributed by atoms with Gasteiger partial charge in [0.25, 0.3) is 5.56 Å². The van der Waals surface area contributed by atoms with Crippen LogP contribution >= 0.6 is 18.8 Å². The van der Waals surface area contributed by atoms with Crippen molar-refractivity contribution < 1.29 is 16.5 Å². The molecule has 4 aromatic rings. The molecule has 0 amide bonds. The van der Waals surface area contributed by atoms with Crippen molar-refractivity contribution in [3.8, 4) is 11.5 Å². The SMILES string of the molecule is O=c1c2ccccc2nc2n1CCc1c-2[n-]c2ccccc12.[Cl][Pt][Cl]. The van der Waals surface area contributed by atoms with Crippen LogP contribution in [0.15, 0.2) is 53.3 Å². The van der Waals surface area contributed by atoms with Crippen LogP contribution in [-0.2, 0) is 29.4 Å². The second-order valence-electron chi connectivity index (χ2n) is 5.66. The zero-order valence-electron chi connectivity index (χ0n) is 12.9. The molecular formula is C18H12Cl2N3OPt-. The Morgan fingerprint density at radius 3 is 2.52 bits per heavy atom. The van der Waals surface area contributed by atoms with E-state index in [0.717, 1.165) is 23.1 Å². The van der Waals surface area contributed by atoms with Gasteiger partial charge in [-0.15, -0.1) is 5.52 Å². The summed E-state index contributed by atoms with van der Waals surface area (Å²) in [6.45, 7) is 0.661. The van der Waals surface area contributed by atoms with Crippen LogP contribution in [0.2, 0.25) is 0 Å². The molecular weight excluding hydrogens is 540 g/mol. The van der Waals surface area contributed by atoms with Gasteiger partial charge < -0.3 is 4.98 Å². The predicted octanol–water partition coefficient (Wildman–Crippen LogP) is 4.11. The Morgan fingerprint density at radius 2 is 1.72 bits per heavy atom. The van der Waals surface area contributed by atoms with Crippen molar-refractivity contribution in [1.82, 2.24) is 14.5 Å². The summed E-state index contributed by atoms with van der Waals surface area (Å²) in [4.78, 5) is 22.1. The molecule has 0 bridgehead atoms. The number of nitrogens with zero attached hydrogens (tertiary/aromatic N) is 3. The summed E-state index contributed by atoms with van der Waals surface area (Å²) in [5, 5.41) is 1.84. The fourth-order valence-electron chi connectivity index (χ4n) is 3.36. The molecule has 7 heteroatoms. The van der Waals surface area contributed by atoms with Gasteiger partial charge in [0.1, 0.15) is 5.82 Å². The number of rotatable bonds is 0. The molecule has 4 nitrogen and oxygen atoms in total. The Hall–Kier alpha value is -1.61. The second-order valence-corrected chi connectivity index (χ2v) is 8.94. The summed E-state index contributed by atoms with van der Waals surface area (Å²) in [6, 6.07) is 15.6. The van der Waals surface area contributed by atoms with E-state index in [1.54, 1.807) is 4.57 Å². The Balaban J connectivity index is 0.000000490. The number of benzene rings is 2. The van der Waals surface area contributed by atoms with Gasteiger partial charge in [-0.05, 0) is 23.9 Å². The summed E-state index contributed by atoms with van der Waals surface area (Å²) in [7, 11) is 9.75. The molecule has 1 aliphatic rings. The molecule has 0 saturated heterocycles. The molecule has 0 aliphatic carbocycles. The average molecular weight is 552 g/mol. The first kappa shape index (κ1) is 16.8. The summed E-state index contributed by atoms with van der Waals surface area (Å²) in [5.41, 5.74) is 3.80. The van der Waals surface area contributed by atoms with Gasteiger partial charge in [-0.25, -0.2) is 4.98 Å². The number of aryl methyl sites for hydroxylation is 1. The molecule has 5 rings (SSSR count). The van der Waals surface area contributed by atoms with Gasteiger partial charge in [0.15, 0.2) is 0 Å². The van der Waals surface area contributed by atoms with Crippen molar-refractivity contribution in [3.63, 3.8) is 0 Å². The Labute approximate surface area is 160 Å². The van der Waals surface area contributed by atoms with Gasteiger partial charge in [-0.2, -0.15) is 0 Å². The number of hydrogen-bond donors (Lipinski definition) is 0. The summed E-state index contributed by atoms with van der Waals surface area (Å²) in [6.07, 6.45) is 0.822. The van der Waals surface area contributed by atoms with E-state index in [4.69, 9.17) is 28.8 Å². The van der Waals surface area contributed by atoms with Crippen molar-refractivity contribution in [1.29, 1.82) is 0 Å². The minimum absolute atomic E-state index is 0.0262. The first-order valence-electron chi connectivity index (χ1n) is 7.61. The molecule has 0 radical (unpaired) electrons. The normalized spacial score (nSPS) is 12.6. The zero-order valence-corrected chi connectivity index (χ0v) is 16.6. The van der Waals surface area contributed by atoms with E-state index in [-0.39, 0.29) is 5.56 Å². The van der Waals surface area contributed by atoms with Gasteiger partial charge in [0.05, 0.1) is 10.9 Å². The molecule has 2 aromatic heterocycles. The Kier molecular flexibility index (Phi) is 4.68. The van der Waals surface area contributed by atoms with E-state index in [1.165, 1.54) is 10.9 Å². The third kappa shape index (κ3) is 2.83. The van der Waals surface area contributed by atoms with Crippen LogP contribution in [0.25, 0.3) is 33.3 Å². The molecule has 0 N–H and O–H groups in total. The number of halogens is 2. The van der Waals surface area contributed by atoms with Gasteiger partial charge in [-0.3, -0.25) is 9.36 Å². The van der Waals surface area contributed by atoms with Crippen LogP contribution in [0, 0.1) is 0 Å². The quantitative estimate of drug-likeness (QED) is 0.330. The van der Waals surface area contributed by atoms with Gasteiger partial charge in [0.2, 0.25) is 0 Å². The van der Waals surface area contributed by atoms with Gasteiger partial charge in [0, 0.05) is 6.54 Å². The Morgan fingerprint density at radius 1 is 1.04 bits per heavy atom. The minimum atomic E-state index is -0.472. The molecule has 0 unspecified atom stereocenters. The monoisotopic (exact) mass is 551 g/mol. The third-order valence-electron chi connectivity index (χ3n) is 4.41. The second kappa shape index (κ2) is 6.95. The molecule has 0 saturated carbocycles. The fraction of sp³-hybridized carbons (Fsp3) is 0.111.